The van der Waals surface area contributed by atoms with Gasteiger partial charge in [-0.2, -0.15) is 0 Å². The predicted octanol–water partition coefficient (Wildman–Crippen LogP) is 0.0387. The molecule has 0 aromatic carbocycles. The van der Waals surface area contributed by atoms with Crippen LogP contribution < -0.4 is 0 Å². The minimum atomic E-state index is -0.605. The van der Waals surface area contributed by atoms with Crippen LogP contribution in [0.1, 0.15) is 26.2 Å². The molecular weight excluding hydrogens is 212 g/mol. The molecule has 0 saturated carbocycles. The zero-order chi connectivity index (χ0) is 11.5. The van der Waals surface area contributed by atoms with Crippen LogP contribution >= 0.6 is 0 Å². The third-order valence-electron chi connectivity index (χ3n) is 3.14. The molecule has 2 N–H and O–H groups in total. The van der Waals surface area contributed by atoms with E-state index < -0.39 is 6.10 Å². The second kappa shape index (κ2) is 5.42. The van der Waals surface area contributed by atoms with Crippen LogP contribution in [0.2, 0.25) is 0 Å². The Morgan fingerprint density at radius 3 is 2.75 bits per heavy atom. The van der Waals surface area contributed by atoms with Gasteiger partial charge in [0.25, 0.3) is 0 Å². The average molecular weight is 232 g/mol. The quantitative estimate of drug-likeness (QED) is 0.716. The van der Waals surface area contributed by atoms with Crippen LogP contribution in [-0.4, -0.2) is 54.1 Å². The van der Waals surface area contributed by atoms with Crippen LogP contribution in [-0.2, 0) is 14.2 Å². The van der Waals surface area contributed by atoms with Gasteiger partial charge in [-0.15, -0.1) is 0 Å². The topological polar surface area (TPSA) is 68.2 Å². The molecule has 0 aliphatic carbocycles. The van der Waals surface area contributed by atoms with Gasteiger partial charge in [-0.1, -0.05) is 13.3 Å². The summed E-state index contributed by atoms with van der Waals surface area (Å²) in [6.45, 7) is 2.26. The van der Waals surface area contributed by atoms with Gasteiger partial charge in [0.1, 0.15) is 24.4 Å². The molecule has 16 heavy (non-hydrogen) atoms. The molecule has 0 aromatic heterocycles. The van der Waals surface area contributed by atoms with E-state index in [9.17, 15) is 10.2 Å². The average Bonchev–Trinajstić information content (AvgIpc) is 2.68. The van der Waals surface area contributed by atoms with Crippen molar-refractivity contribution >= 4 is 0 Å². The molecule has 0 bridgehead atoms. The van der Waals surface area contributed by atoms with Gasteiger partial charge in [0, 0.05) is 0 Å². The monoisotopic (exact) mass is 232 g/mol. The van der Waals surface area contributed by atoms with Crippen molar-refractivity contribution in [1.29, 1.82) is 0 Å². The first kappa shape index (κ1) is 12.3. The maximum atomic E-state index is 9.69. The lowest BCUT2D eigenvalue weighted by Gasteiger charge is -2.37. The fourth-order valence-corrected chi connectivity index (χ4v) is 2.24. The van der Waals surface area contributed by atoms with Crippen LogP contribution in [0, 0.1) is 0 Å². The van der Waals surface area contributed by atoms with Crippen LogP contribution in [0.5, 0.6) is 0 Å². The third kappa shape index (κ3) is 2.38. The lowest BCUT2D eigenvalue weighted by molar-refractivity contribution is -0.285. The van der Waals surface area contributed by atoms with E-state index in [-0.39, 0.29) is 37.8 Å². The van der Waals surface area contributed by atoms with E-state index in [1.807, 2.05) is 0 Å². The van der Waals surface area contributed by atoms with Crippen LogP contribution in [0.3, 0.4) is 0 Å². The van der Waals surface area contributed by atoms with Crippen molar-refractivity contribution in [2.45, 2.75) is 56.9 Å². The maximum Gasteiger partial charge on any atom is 0.158 e. The van der Waals surface area contributed by atoms with Gasteiger partial charge in [0.05, 0.1) is 13.2 Å². The molecule has 0 aromatic rings. The van der Waals surface area contributed by atoms with E-state index in [0.29, 0.717) is 0 Å². The Bertz CT molecular complexity index is 222. The number of hydrogen-bond donors (Lipinski definition) is 2. The van der Waals surface area contributed by atoms with Crippen LogP contribution in [0.4, 0.5) is 0 Å². The summed E-state index contributed by atoms with van der Waals surface area (Å²) in [5.41, 5.74) is 0. The second-order valence-electron chi connectivity index (χ2n) is 4.39. The fourth-order valence-electron chi connectivity index (χ4n) is 2.24. The van der Waals surface area contributed by atoms with E-state index in [1.165, 1.54) is 0 Å². The molecular formula is C11H20O5. The number of fused-ring (bicyclic) bond motifs is 1. The van der Waals surface area contributed by atoms with Gasteiger partial charge in [0.15, 0.2) is 6.29 Å². The summed E-state index contributed by atoms with van der Waals surface area (Å²) in [7, 11) is 0. The Balaban J connectivity index is 1.96. The zero-order valence-electron chi connectivity index (χ0n) is 9.54. The SMILES string of the molecule is CCCCC1O[C@H]2[C@H](OC[C@@H]2O)[C@@H](CO)O1. The van der Waals surface area contributed by atoms with Crippen LogP contribution in [0.25, 0.3) is 0 Å². The predicted molar refractivity (Wildman–Crippen MR) is 55.9 cm³/mol. The molecule has 2 heterocycles. The smallest absolute Gasteiger partial charge is 0.158 e. The number of hydrogen-bond acceptors (Lipinski definition) is 5. The lowest BCUT2D eigenvalue weighted by Crippen LogP contribution is -2.52. The molecule has 5 nitrogen and oxygen atoms in total. The standard InChI is InChI=1S/C11H20O5/c1-2-3-4-9-15-8(5-12)11-10(16-9)7(13)6-14-11/h7-13H,2-6H2,1H3/t7-,8+,9?,10+,11+/m0/s1. The van der Waals surface area contributed by atoms with Gasteiger partial charge in [-0.25, -0.2) is 0 Å². The molecule has 5 heteroatoms. The largest absolute Gasteiger partial charge is 0.394 e. The molecule has 94 valence electrons. The number of unbranched alkanes of at least 4 members (excludes halogenated alkanes) is 1. The number of ether oxygens (including phenoxy) is 3. The van der Waals surface area contributed by atoms with E-state index in [2.05, 4.69) is 6.92 Å². The molecule has 0 radical (unpaired) electrons. The number of rotatable bonds is 4. The molecule has 1 unspecified atom stereocenters. The molecule has 5 atom stereocenters. The van der Waals surface area contributed by atoms with Crippen molar-refractivity contribution in [3.63, 3.8) is 0 Å². The first-order valence-corrected chi connectivity index (χ1v) is 5.97. The molecule has 2 rings (SSSR count). The van der Waals surface area contributed by atoms with Crippen molar-refractivity contribution in [3.8, 4) is 0 Å². The van der Waals surface area contributed by atoms with Crippen molar-refractivity contribution in [2.75, 3.05) is 13.2 Å². The normalized spacial score (nSPS) is 43.3. The Morgan fingerprint density at radius 1 is 1.25 bits per heavy atom. The van der Waals surface area contributed by atoms with Crippen molar-refractivity contribution in [3.05, 3.63) is 0 Å². The Kier molecular flexibility index (Phi) is 4.16. The van der Waals surface area contributed by atoms with E-state index >= 15 is 0 Å². The highest BCUT2D eigenvalue weighted by atomic mass is 16.7. The summed E-state index contributed by atoms with van der Waals surface area (Å²) in [5, 5.41) is 18.9. The Hall–Kier alpha value is -0.200. The van der Waals surface area contributed by atoms with Gasteiger partial charge in [0.2, 0.25) is 0 Å². The van der Waals surface area contributed by atoms with Gasteiger partial charge >= 0.3 is 0 Å². The van der Waals surface area contributed by atoms with Crippen molar-refractivity contribution in [2.24, 2.45) is 0 Å². The highest BCUT2D eigenvalue weighted by Crippen LogP contribution is 2.30. The third-order valence-corrected chi connectivity index (χ3v) is 3.14. The maximum absolute atomic E-state index is 9.69. The summed E-state index contributed by atoms with van der Waals surface area (Å²) in [4.78, 5) is 0. The minimum Gasteiger partial charge on any atom is -0.394 e. The number of aliphatic hydroxyl groups excluding tert-OH is 2. The summed E-state index contributed by atoms with van der Waals surface area (Å²) in [6, 6.07) is 0. The van der Waals surface area contributed by atoms with Crippen LogP contribution in [0.15, 0.2) is 0 Å². The minimum absolute atomic E-state index is 0.0973. The fraction of sp³-hybridized carbons (Fsp3) is 1.00. The van der Waals surface area contributed by atoms with E-state index in [0.717, 1.165) is 19.3 Å². The molecule has 2 aliphatic heterocycles. The Morgan fingerprint density at radius 2 is 2.06 bits per heavy atom. The first-order chi connectivity index (χ1) is 7.76. The van der Waals surface area contributed by atoms with Gasteiger partial charge in [-0.3, -0.25) is 0 Å². The molecule has 0 amide bonds. The molecule has 2 aliphatic rings. The van der Waals surface area contributed by atoms with Crippen molar-refractivity contribution < 1.29 is 24.4 Å². The van der Waals surface area contributed by atoms with Gasteiger partial charge < -0.3 is 24.4 Å². The highest BCUT2D eigenvalue weighted by molar-refractivity contribution is 4.92. The highest BCUT2D eigenvalue weighted by Gasteiger charge is 2.47. The number of aliphatic hydroxyl groups is 2. The van der Waals surface area contributed by atoms with Gasteiger partial charge in [-0.05, 0) is 12.8 Å². The first-order valence-electron chi connectivity index (χ1n) is 5.97. The Labute approximate surface area is 95.3 Å². The van der Waals surface area contributed by atoms with E-state index in [4.69, 9.17) is 14.2 Å². The summed E-state index contributed by atoms with van der Waals surface area (Å²) in [5.74, 6) is 0. The summed E-state index contributed by atoms with van der Waals surface area (Å²) < 4.78 is 16.6. The summed E-state index contributed by atoms with van der Waals surface area (Å²) in [6.07, 6.45) is 0.880. The molecule has 2 saturated heterocycles. The molecule has 0 spiro atoms. The lowest BCUT2D eigenvalue weighted by atomic mass is 10.0. The van der Waals surface area contributed by atoms with E-state index in [1.54, 1.807) is 0 Å². The summed E-state index contributed by atoms with van der Waals surface area (Å²) >= 11 is 0. The zero-order valence-corrected chi connectivity index (χ0v) is 9.54. The second-order valence-corrected chi connectivity index (χ2v) is 4.39. The van der Waals surface area contributed by atoms with Crippen molar-refractivity contribution in [1.82, 2.24) is 0 Å². The molecule has 2 fully saturated rings.